The van der Waals surface area contributed by atoms with E-state index < -0.39 is 5.97 Å². The quantitative estimate of drug-likeness (QED) is 0.431. The Bertz CT molecular complexity index is 927. The Morgan fingerprint density at radius 3 is 2.75 bits per heavy atom. The van der Waals surface area contributed by atoms with E-state index in [1.807, 2.05) is 6.07 Å². The van der Waals surface area contributed by atoms with Crippen molar-refractivity contribution in [2.75, 3.05) is 26.9 Å². The van der Waals surface area contributed by atoms with E-state index in [1.165, 1.54) is 25.3 Å². The van der Waals surface area contributed by atoms with Crippen LogP contribution in [0.1, 0.15) is 18.1 Å². The van der Waals surface area contributed by atoms with E-state index in [9.17, 15) is 4.79 Å². The molecule has 1 aliphatic rings. The topological polar surface area (TPSA) is 87.0 Å². The lowest BCUT2D eigenvalue weighted by Crippen LogP contribution is -2.16. The molecule has 0 spiro atoms. The average Bonchev–Trinajstić information content (AvgIpc) is 2.73. The molecule has 2 aromatic rings. The molecule has 144 valence electrons. The number of carbonyl (C=O) groups is 1. The van der Waals surface area contributed by atoms with Crippen LogP contribution in [0.4, 0.5) is 0 Å². The van der Waals surface area contributed by atoms with Crippen LogP contribution in [0.3, 0.4) is 0 Å². The fourth-order valence-electron chi connectivity index (χ4n) is 2.63. The molecule has 0 saturated carbocycles. The lowest BCUT2D eigenvalue weighted by Gasteiger charge is -2.20. The standard InChI is InChI=1S/C21H19NO6/c1-3-25-17-12-15(13-22)4-6-16(17)28-20(23)7-5-14-10-18(24-2)21-19(11-14)26-8-9-27-21/h4-7,10-12H,3,8-9H2,1-2H3/b7-5+. The second-order valence-corrected chi connectivity index (χ2v) is 5.71. The Morgan fingerprint density at radius 2 is 2.00 bits per heavy atom. The SMILES string of the molecule is CCOc1cc(C#N)ccc1OC(=O)/C=C/c1cc(OC)c2c(c1)OCCO2. The molecule has 28 heavy (non-hydrogen) atoms. The highest BCUT2D eigenvalue weighted by molar-refractivity contribution is 5.89. The van der Waals surface area contributed by atoms with Crippen LogP contribution in [-0.2, 0) is 4.79 Å². The zero-order valence-corrected chi connectivity index (χ0v) is 15.6. The molecule has 0 unspecified atom stereocenters. The number of benzene rings is 2. The second kappa shape index (κ2) is 8.82. The molecular weight excluding hydrogens is 362 g/mol. The van der Waals surface area contributed by atoms with Crippen LogP contribution in [0.25, 0.3) is 6.08 Å². The van der Waals surface area contributed by atoms with Gasteiger partial charge >= 0.3 is 5.97 Å². The zero-order valence-electron chi connectivity index (χ0n) is 15.6. The highest BCUT2D eigenvalue weighted by Gasteiger charge is 2.18. The van der Waals surface area contributed by atoms with E-state index in [2.05, 4.69) is 0 Å². The lowest BCUT2D eigenvalue weighted by atomic mass is 10.1. The maximum Gasteiger partial charge on any atom is 0.336 e. The summed E-state index contributed by atoms with van der Waals surface area (Å²) < 4.78 is 27.2. The highest BCUT2D eigenvalue weighted by Crippen LogP contribution is 2.40. The molecule has 0 fully saturated rings. The first-order valence-corrected chi connectivity index (χ1v) is 8.69. The van der Waals surface area contributed by atoms with Gasteiger partial charge in [-0.15, -0.1) is 0 Å². The van der Waals surface area contributed by atoms with Gasteiger partial charge in [0.25, 0.3) is 0 Å². The Labute approximate surface area is 162 Å². The van der Waals surface area contributed by atoms with Gasteiger partial charge in [0.05, 0.1) is 25.3 Å². The minimum Gasteiger partial charge on any atom is -0.493 e. The van der Waals surface area contributed by atoms with Gasteiger partial charge in [0.15, 0.2) is 23.0 Å². The number of rotatable bonds is 6. The monoisotopic (exact) mass is 381 g/mol. The molecule has 0 radical (unpaired) electrons. The number of fused-ring (bicyclic) bond motifs is 1. The molecule has 2 aromatic carbocycles. The number of hydrogen-bond donors (Lipinski definition) is 0. The van der Waals surface area contributed by atoms with Crippen LogP contribution >= 0.6 is 0 Å². The molecule has 0 atom stereocenters. The Hall–Kier alpha value is -3.66. The van der Waals surface area contributed by atoms with Gasteiger partial charge < -0.3 is 23.7 Å². The van der Waals surface area contributed by atoms with Gasteiger partial charge in [-0.2, -0.15) is 5.26 Å². The van der Waals surface area contributed by atoms with Crippen molar-refractivity contribution in [3.8, 4) is 34.8 Å². The average molecular weight is 381 g/mol. The van der Waals surface area contributed by atoms with Crippen molar-refractivity contribution < 1.29 is 28.5 Å². The molecular formula is C21H19NO6. The number of nitriles is 1. The largest absolute Gasteiger partial charge is 0.493 e. The fraction of sp³-hybridized carbons (Fsp3) is 0.238. The van der Waals surface area contributed by atoms with Gasteiger partial charge in [0.1, 0.15) is 13.2 Å². The number of methoxy groups -OCH3 is 1. The van der Waals surface area contributed by atoms with Gasteiger partial charge in [-0.3, -0.25) is 0 Å². The van der Waals surface area contributed by atoms with Gasteiger partial charge in [-0.1, -0.05) is 0 Å². The number of carbonyl (C=O) groups excluding carboxylic acids is 1. The molecule has 0 N–H and O–H groups in total. The second-order valence-electron chi connectivity index (χ2n) is 5.71. The van der Waals surface area contributed by atoms with Crippen LogP contribution < -0.4 is 23.7 Å². The van der Waals surface area contributed by atoms with Gasteiger partial charge in [-0.25, -0.2) is 4.79 Å². The fourth-order valence-corrected chi connectivity index (χ4v) is 2.63. The zero-order chi connectivity index (χ0) is 19.9. The molecule has 0 amide bonds. The van der Waals surface area contributed by atoms with Crippen LogP contribution in [0.2, 0.25) is 0 Å². The third-order valence-corrected chi connectivity index (χ3v) is 3.85. The molecule has 7 nitrogen and oxygen atoms in total. The van der Waals surface area contributed by atoms with Crippen molar-refractivity contribution in [2.24, 2.45) is 0 Å². The summed E-state index contributed by atoms with van der Waals surface area (Å²) in [4.78, 5) is 12.2. The van der Waals surface area contributed by atoms with Crippen molar-refractivity contribution in [1.82, 2.24) is 0 Å². The molecule has 0 saturated heterocycles. The number of nitrogens with zero attached hydrogens (tertiary/aromatic N) is 1. The van der Waals surface area contributed by atoms with E-state index in [-0.39, 0.29) is 5.75 Å². The highest BCUT2D eigenvalue weighted by atomic mass is 16.6. The van der Waals surface area contributed by atoms with E-state index in [0.29, 0.717) is 53.9 Å². The predicted octanol–water partition coefficient (Wildman–Crippen LogP) is 3.36. The number of esters is 1. The van der Waals surface area contributed by atoms with Crippen molar-refractivity contribution in [2.45, 2.75) is 6.92 Å². The van der Waals surface area contributed by atoms with Gasteiger partial charge in [-0.05, 0) is 42.8 Å². The summed E-state index contributed by atoms with van der Waals surface area (Å²) in [6.07, 6.45) is 2.88. The Morgan fingerprint density at radius 1 is 1.18 bits per heavy atom. The van der Waals surface area contributed by atoms with Gasteiger partial charge in [0.2, 0.25) is 5.75 Å². The molecule has 0 bridgehead atoms. The summed E-state index contributed by atoms with van der Waals surface area (Å²) in [6.45, 7) is 3.09. The Kier molecular flexibility index (Phi) is 6.02. The van der Waals surface area contributed by atoms with E-state index in [0.717, 1.165) is 0 Å². The van der Waals surface area contributed by atoms with Crippen LogP contribution in [0.15, 0.2) is 36.4 Å². The van der Waals surface area contributed by atoms with Crippen molar-refractivity contribution in [1.29, 1.82) is 5.26 Å². The van der Waals surface area contributed by atoms with Crippen molar-refractivity contribution in [3.63, 3.8) is 0 Å². The third kappa shape index (κ3) is 4.35. The molecule has 1 aliphatic heterocycles. The lowest BCUT2D eigenvalue weighted by molar-refractivity contribution is -0.129. The molecule has 3 rings (SSSR count). The summed E-state index contributed by atoms with van der Waals surface area (Å²) in [6, 6.07) is 10.1. The molecule has 0 aromatic heterocycles. The first kappa shape index (κ1) is 19.1. The summed E-state index contributed by atoms with van der Waals surface area (Å²) in [5.74, 6) is 1.63. The van der Waals surface area contributed by atoms with Crippen LogP contribution in [0, 0.1) is 11.3 Å². The summed E-state index contributed by atoms with van der Waals surface area (Å²) in [5.41, 5.74) is 1.12. The summed E-state index contributed by atoms with van der Waals surface area (Å²) in [7, 11) is 1.54. The maximum absolute atomic E-state index is 12.2. The molecule has 7 heteroatoms. The van der Waals surface area contributed by atoms with Crippen molar-refractivity contribution in [3.05, 3.63) is 47.5 Å². The van der Waals surface area contributed by atoms with E-state index >= 15 is 0 Å². The minimum absolute atomic E-state index is 0.246. The third-order valence-electron chi connectivity index (χ3n) is 3.85. The van der Waals surface area contributed by atoms with E-state index in [4.69, 9.17) is 28.9 Å². The molecule has 0 aliphatic carbocycles. The van der Waals surface area contributed by atoms with Gasteiger partial charge in [0, 0.05) is 12.1 Å². The predicted molar refractivity (Wildman–Crippen MR) is 101 cm³/mol. The number of ether oxygens (including phenoxy) is 5. The summed E-state index contributed by atoms with van der Waals surface area (Å²) >= 11 is 0. The normalized spacial score (nSPS) is 12.3. The van der Waals surface area contributed by atoms with Crippen LogP contribution in [0.5, 0.6) is 28.7 Å². The van der Waals surface area contributed by atoms with E-state index in [1.54, 1.807) is 31.2 Å². The first-order chi connectivity index (χ1) is 13.6. The molecule has 1 heterocycles. The number of hydrogen-bond acceptors (Lipinski definition) is 7. The van der Waals surface area contributed by atoms with Crippen molar-refractivity contribution >= 4 is 12.0 Å². The summed E-state index contributed by atoms with van der Waals surface area (Å²) in [5, 5.41) is 8.99. The smallest absolute Gasteiger partial charge is 0.336 e. The first-order valence-electron chi connectivity index (χ1n) is 8.69. The maximum atomic E-state index is 12.2. The Balaban J connectivity index is 1.77. The minimum atomic E-state index is -0.584. The van der Waals surface area contributed by atoms with Crippen LogP contribution in [-0.4, -0.2) is 32.9 Å².